The summed E-state index contributed by atoms with van der Waals surface area (Å²) in [7, 11) is 0. The van der Waals surface area contributed by atoms with Gasteiger partial charge in [-0.25, -0.2) is 0 Å². The fraction of sp³-hybridized carbons (Fsp3) is 0.278. The number of hydrogen-bond acceptors (Lipinski definition) is 6. The normalized spacial score (nSPS) is 15.0. The largest absolute Gasteiger partial charge is 0.454 e. The van der Waals surface area contributed by atoms with E-state index in [-0.39, 0.29) is 17.1 Å². The van der Waals surface area contributed by atoms with Crippen LogP contribution in [0, 0.1) is 4.77 Å². The van der Waals surface area contributed by atoms with Crippen molar-refractivity contribution in [2.45, 2.75) is 25.7 Å². The molecule has 0 unspecified atom stereocenters. The second-order valence-corrected chi connectivity index (χ2v) is 7.99. The van der Waals surface area contributed by atoms with Crippen LogP contribution in [0.25, 0.3) is 10.2 Å². The van der Waals surface area contributed by atoms with Gasteiger partial charge in [0.05, 0.1) is 5.39 Å². The molecule has 0 saturated heterocycles. The molecule has 7 nitrogen and oxygen atoms in total. The number of thiophene rings is 1. The number of nitrogens with zero attached hydrogens (tertiary/aromatic N) is 1. The summed E-state index contributed by atoms with van der Waals surface area (Å²) in [4.78, 5) is 30.8. The number of carbonyl (C=O) groups excluding carboxylic acids is 1. The van der Waals surface area contributed by atoms with Gasteiger partial charge in [-0.3, -0.25) is 15.0 Å². The molecule has 2 N–H and O–H groups in total. The Balaban J connectivity index is 1.56. The van der Waals surface area contributed by atoms with Crippen molar-refractivity contribution < 1.29 is 14.3 Å². The molecule has 1 amide bonds. The molecule has 0 saturated carbocycles. The number of amides is 1. The molecular formula is C18H15N3O4S2. The predicted octanol–water partition coefficient (Wildman–Crippen LogP) is 3.11. The Morgan fingerprint density at radius 3 is 2.93 bits per heavy atom. The van der Waals surface area contributed by atoms with Crippen molar-refractivity contribution in [1.29, 1.82) is 0 Å². The lowest BCUT2D eigenvalue weighted by molar-refractivity contribution is 0.101. The van der Waals surface area contributed by atoms with Crippen LogP contribution in [0.15, 0.2) is 23.0 Å². The van der Waals surface area contributed by atoms with E-state index < -0.39 is 5.91 Å². The third kappa shape index (κ3) is 2.65. The van der Waals surface area contributed by atoms with Gasteiger partial charge in [-0.15, -0.1) is 11.3 Å². The molecule has 3 aromatic rings. The number of aryl methyl sites for hydroxylation is 2. The Morgan fingerprint density at radius 1 is 1.22 bits per heavy atom. The van der Waals surface area contributed by atoms with Crippen LogP contribution in [0.5, 0.6) is 11.5 Å². The van der Waals surface area contributed by atoms with Crippen molar-refractivity contribution in [2.75, 3.05) is 12.2 Å². The van der Waals surface area contributed by atoms with E-state index in [9.17, 15) is 9.59 Å². The van der Waals surface area contributed by atoms with Gasteiger partial charge in [0.25, 0.3) is 11.5 Å². The quantitative estimate of drug-likeness (QED) is 0.645. The fourth-order valence-corrected chi connectivity index (χ4v) is 5.12. The van der Waals surface area contributed by atoms with Gasteiger partial charge in [-0.1, -0.05) is 0 Å². The molecule has 0 radical (unpaired) electrons. The van der Waals surface area contributed by atoms with Crippen LogP contribution in [0.3, 0.4) is 0 Å². The predicted molar refractivity (Wildman–Crippen MR) is 104 cm³/mol. The number of aromatic nitrogens is 2. The molecule has 1 aromatic carbocycles. The molecular weight excluding hydrogens is 386 g/mol. The highest BCUT2D eigenvalue weighted by atomic mass is 32.1. The summed E-state index contributed by atoms with van der Waals surface area (Å²) >= 11 is 6.90. The van der Waals surface area contributed by atoms with E-state index in [0.717, 1.165) is 40.8 Å². The molecule has 2 aliphatic rings. The monoisotopic (exact) mass is 401 g/mol. The molecule has 0 fully saturated rings. The topological polar surface area (TPSA) is 85.4 Å². The Bertz CT molecular complexity index is 1210. The standard InChI is InChI=1S/C18H15N3O4S2/c22-15(9-5-6-11-12(7-9)25-8-24-11)20-21-17(23)14-10-3-1-2-4-13(10)27-16(14)19-18(21)26/h5-7H,1-4,8H2,(H,19,26)(H,20,22). The number of fused-ring (bicyclic) bond motifs is 4. The molecule has 1 aliphatic carbocycles. The van der Waals surface area contributed by atoms with Crippen molar-refractivity contribution in [2.24, 2.45) is 0 Å². The van der Waals surface area contributed by atoms with Crippen molar-refractivity contribution >= 4 is 39.7 Å². The summed E-state index contributed by atoms with van der Waals surface area (Å²) in [5, 5.41) is 0.634. The number of nitrogens with one attached hydrogen (secondary N) is 2. The molecule has 138 valence electrons. The highest BCUT2D eigenvalue weighted by Gasteiger charge is 2.21. The first-order valence-electron chi connectivity index (χ1n) is 8.62. The van der Waals surface area contributed by atoms with E-state index in [2.05, 4.69) is 10.4 Å². The minimum atomic E-state index is -0.446. The molecule has 27 heavy (non-hydrogen) atoms. The van der Waals surface area contributed by atoms with E-state index >= 15 is 0 Å². The molecule has 3 heterocycles. The van der Waals surface area contributed by atoms with Crippen LogP contribution in [-0.4, -0.2) is 22.4 Å². The number of carbonyl (C=O) groups is 1. The first kappa shape index (κ1) is 16.5. The number of H-pyrrole nitrogens is 1. The first-order valence-corrected chi connectivity index (χ1v) is 9.85. The smallest absolute Gasteiger partial charge is 0.282 e. The minimum absolute atomic E-state index is 0.130. The average Bonchev–Trinajstić information content (AvgIpc) is 3.28. The summed E-state index contributed by atoms with van der Waals surface area (Å²) < 4.78 is 11.8. The molecule has 2 aromatic heterocycles. The van der Waals surface area contributed by atoms with Gasteiger partial charge < -0.3 is 14.5 Å². The molecule has 0 atom stereocenters. The number of ether oxygens (including phenoxy) is 2. The van der Waals surface area contributed by atoms with Crippen LogP contribution < -0.4 is 20.5 Å². The van der Waals surface area contributed by atoms with Crippen LogP contribution in [-0.2, 0) is 12.8 Å². The van der Waals surface area contributed by atoms with Crippen molar-refractivity contribution in [3.63, 3.8) is 0 Å². The van der Waals surface area contributed by atoms with E-state index in [1.807, 2.05) is 0 Å². The Morgan fingerprint density at radius 2 is 2.04 bits per heavy atom. The Kier molecular flexibility index (Phi) is 3.80. The van der Waals surface area contributed by atoms with Gasteiger partial charge in [-0.05, 0) is 61.7 Å². The zero-order chi connectivity index (χ0) is 18.5. The van der Waals surface area contributed by atoms with Gasteiger partial charge >= 0.3 is 0 Å². The number of rotatable bonds is 2. The summed E-state index contributed by atoms with van der Waals surface area (Å²) in [5.74, 6) is 0.646. The molecule has 5 rings (SSSR count). The van der Waals surface area contributed by atoms with Crippen molar-refractivity contribution in [3.8, 4) is 11.5 Å². The van der Waals surface area contributed by atoms with Crippen LogP contribution in [0.2, 0.25) is 0 Å². The SMILES string of the molecule is O=C(Nn1c(=S)[nH]c2sc3c(c2c1=O)CCCC3)c1ccc2c(c1)OCO2. The van der Waals surface area contributed by atoms with E-state index in [4.69, 9.17) is 21.7 Å². The molecule has 9 heteroatoms. The molecule has 0 spiro atoms. The third-order valence-corrected chi connectivity index (χ3v) is 6.35. The maximum Gasteiger partial charge on any atom is 0.282 e. The molecule has 1 aliphatic heterocycles. The second kappa shape index (κ2) is 6.21. The number of aromatic amines is 1. The molecule has 0 bridgehead atoms. The second-order valence-electron chi connectivity index (χ2n) is 6.49. The van der Waals surface area contributed by atoms with Crippen LogP contribution >= 0.6 is 23.6 Å². The van der Waals surface area contributed by atoms with Crippen LogP contribution in [0.4, 0.5) is 0 Å². The summed E-state index contributed by atoms with van der Waals surface area (Å²) in [6, 6.07) is 4.87. The maximum absolute atomic E-state index is 13.1. The lowest BCUT2D eigenvalue weighted by atomic mass is 9.97. The third-order valence-electron chi connectivity index (χ3n) is 4.86. The Hall–Kier alpha value is -2.65. The lowest BCUT2D eigenvalue weighted by Crippen LogP contribution is -2.34. The Labute approximate surface area is 162 Å². The van der Waals surface area contributed by atoms with Gasteiger partial charge in [-0.2, -0.15) is 4.68 Å². The van der Waals surface area contributed by atoms with E-state index in [1.165, 1.54) is 4.88 Å². The lowest BCUT2D eigenvalue weighted by Gasteiger charge is -2.11. The van der Waals surface area contributed by atoms with Gasteiger partial charge in [0, 0.05) is 10.4 Å². The summed E-state index contributed by atoms with van der Waals surface area (Å²) in [6.45, 7) is 0.130. The van der Waals surface area contributed by atoms with E-state index in [0.29, 0.717) is 22.4 Å². The number of hydrogen-bond donors (Lipinski definition) is 2. The summed E-state index contributed by atoms with van der Waals surface area (Å²) in [5.41, 5.74) is 3.76. The highest BCUT2D eigenvalue weighted by Crippen LogP contribution is 2.34. The van der Waals surface area contributed by atoms with Gasteiger partial charge in [0.1, 0.15) is 4.83 Å². The van der Waals surface area contributed by atoms with Crippen molar-refractivity contribution in [1.82, 2.24) is 9.66 Å². The fourth-order valence-electron chi connectivity index (χ4n) is 3.54. The zero-order valence-corrected chi connectivity index (χ0v) is 15.8. The maximum atomic E-state index is 13.1. The number of benzene rings is 1. The van der Waals surface area contributed by atoms with Gasteiger partial charge in [0.2, 0.25) is 11.6 Å². The average molecular weight is 401 g/mol. The highest BCUT2D eigenvalue weighted by molar-refractivity contribution is 7.71. The van der Waals surface area contributed by atoms with Crippen molar-refractivity contribution in [3.05, 3.63) is 49.3 Å². The van der Waals surface area contributed by atoms with Crippen LogP contribution in [0.1, 0.15) is 33.6 Å². The zero-order valence-electron chi connectivity index (χ0n) is 14.2. The van der Waals surface area contributed by atoms with E-state index in [1.54, 1.807) is 29.5 Å². The minimum Gasteiger partial charge on any atom is -0.454 e. The first-order chi connectivity index (χ1) is 13.1. The van der Waals surface area contributed by atoms with Gasteiger partial charge in [0.15, 0.2) is 11.5 Å². The summed E-state index contributed by atoms with van der Waals surface area (Å²) in [6.07, 6.45) is 4.07.